The second-order valence-corrected chi connectivity index (χ2v) is 7.83. The number of halogens is 1. The van der Waals surface area contributed by atoms with Crippen molar-refractivity contribution in [2.45, 2.75) is 44.6 Å². The Morgan fingerprint density at radius 2 is 2.00 bits per heavy atom. The molecule has 4 nitrogen and oxygen atoms in total. The monoisotopic (exact) mass is 360 g/mol. The van der Waals surface area contributed by atoms with Crippen LogP contribution in [0.3, 0.4) is 0 Å². The Labute approximate surface area is 152 Å². The van der Waals surface area contributed by atoms with E-state index in [2.05, 4.69) is 39.8 Å². The van der Waals surface area contributed by atoms with Crippen molar-refractivity contribution in [1.82, 2.24) is 15.6 Å². The number of aromatic nitrogens is 1. The summed E-state index contributed by atoms with van der Waals surface area (Å²) in [4.78, 5) is 8.93. The predicted molar refractivity (Wildman–Crippen MR) is 102 cm³/mol. The molecule has 0 radical (unpaired) electrons. The van der Waals surface area contributed by atoms with E-state index >= 15 is 0 Å². The zero-order valence-electron chi connectivity index (χ0n) is 15.0. The summed E-state index contributed by atoms with van der Waals surface area (Å²) >= 11 is 1.67. The van der Waals surface area contributed by atoms with Crippen molar-refractivity contribution in [1.29, 1.82) is 0 Å². The van der Waals surface area contributed by atoms with Gasteiger partial charge in [0.25, 0.3) is 0 Å². The van der Waals surface area contributed by atoms with E-state index in [4.69, 9.17) is 0 Å². The number of benzene rings is 1. The first-order chi connectivity index (χ1) is 12.0. The van der Waals surface area contributed by atoms with Gasteiger partial charge in [0.05, 0.1) is 12.2 Å². The van der Waals surface area contributed by atoms with E-state index in [1.807, 2.05) is 12.1 Å². The third-order valence-electron chi connectivity index (χ3n) is 4.70. The van der Waals surface area contributed by atoms with E-state index < -0.39 is 0 Å². The summed E-state index contributed by atoms with van der Waals surface area (Å²) < 4.78 is 13.1. The van der Waals surface area contributed by atoms with Crippen LogP contribution in [-0.2, 0) is 12.0 Å². The van der Waals surface area contributed by atoms with Gasteiger partial charge in [-0.15, -0.1) is 11.3 Å². The van der Waals surface area contributed by atoms with E-state index in [0.29, 0.717) is 12.5 Å². The van der Waals surface area contributed by atoms with E-state index in [-0.39, 0.29) is 11.2 Å². The first kappa shape index (κ1) is 17.9. The largest absolute Gasteiger partial charge is 0.356 e. The third-order valence-corrected chi connectivity index (χ3v) is 5.56. The van der Waals surface area contributed by atoms with Crippen molar-refractivity contribution in [2.24, 2.45) is 4.99 Å². The molecule has 1 heterocycles. The molecule has 0 aliphatic heterocycles. The van der Waals surface area contributed by atoms with Gasteiger partial charge in [0, 0.05) is 24.4 Å². The number of nitrogens with one attached hydrogen (secondary N) is 2. The third kappa shape index (κ3) is 4.37. The summed E-state index contributed by atoms with van der Waals surface area (Å²) in [5.74, 6) is 1.04. The average Bonchev–Trinajstić information content (AvgIpc) is 3.24. The molecule has 0 unspecified atom stereocenters. The lowest BCUT2D eigenvalue weighted by atomic mass is 9.96. The van der Waals surface area contributed by atoms with Crippen molar-refractivity contribution < 1.29 is 4.39 Å². The molecule has 0 spiro atoms. The Balaban J connectivity index is 1.53. The van der Waals surface area contributed by atoms with Crippen LogP contribution in [-0.4, -0.2) is 24.5 Å². The minimum Gasteiger partial charge on any atom is -0.356 e. The zero-order valence-corrected chi connectivity index (χ0v) is 15.8. The Kier molecular flexibility index (Phi) is 5.37. The SMILES string of the molecule is CN=C(NCc1nc(C(C)C)cs1)NCC1(c2ccc(F)cc2)CC1. The molecule has 1 saturated carbocycles. The molecule has 1 aliphatic rings. The normalized spacial score (nSPS) is 16.1. The fourth-order valence-electron chi connectivity index (χ4n) is 2.83. The van der Waals surface area contributed by atoms with Crippen LogP contribution in [0.5, 0.6) is 0 Å². The Morgan fingerprint density at radius 3 is 2.56 bits per heavy atom. The van der Waals surface area contributed by atoms with Gasteiger partial charge in [-0.05, 0) is 36.5 Å². The number of rotatable bonds is 6. The second-order valence-electron chi connectivity index (χ2n) is 6.89. The van der Waals surface area contributed by atoms with Crippen LogP contribution < -0.4 is 10.6 Å². The van der Waals surface area contributed by atoms with Gasteiger partial charge in [0.15, 0.2) is 5.96 Å². The van der Waals surface area contributed by atoms with Crippen molar-refractivity contribution in [3.05, 3.63) is 51.7 Å². The van der Waals surface area contributed by atoms with Gasteiger partial charge >= 0.3 is 0 Å². The number of guanidine groups is 1. The summed E-state index contributed by atoms with van der Waals surface area (Å²) in [6.45, 7) is 5.77. The van der Waals surface area contributed by atoms with Gasteiger partial charge in [-0.3, -0.25) is 4.99 Å². The van der Waals surface area contributed by atoms with Crippen molar-refractivity contribution in [3.8, 4) is 0 Å². The van der Waals surface area contributed by atoms with E-state index in [0.717, 1.165) is 36.0 Å². The first-order valence-electron chi connectivity index (χ1n) is 8.67. The first-order valence-corrected chi connectivity index (χ1v) is 9.55. The molecule has 1 aromatic carbocycles. The van der Waals surface area contributed by atoms with Gasteiger partial charge in [0.2, 0.25) is 0 Å². The zero-order chi connectivity index (χ0) is 17.9. The summed E-state index contributed by atoms with van der Waals surface area (Å²) in [6, 6.07) is 6.86. The standard InChI is InChI=1S/C19H25FN4S/c1-13(2)16-11-25-17(24-16)10-22-18(21-3)23-12-19(8-9-19)14-4-6-15(20)7-5-14/h4-7,11,13H,8-10,12H2,1-3H3,(H2,21,22,23). The molecular weight excluding hydrogens is 335 g/mol. The van der Waals surface area contributed by atoms with Crippen molar-refractivity contribution >= 4 is 17.3 Å². The van der Waals surface area contributed by atoms with Crippen LogP contribution in [0.4, 0.5) is 4.39 Å². The molecule has 134 valence electrons. The molecule has 25 heavy (non-hydrogen) atoms. The van der Waals surface area contributed by atoms with Gasteiger partial charge in [0.1, 0.15) is 10.8 Å². The minimum atomic E-state index is -0.186. The van der Waals surface area contributed by atoms with Crippen LogP contribution in [0.2, 0.25) is 0 Å². The molecule has 1 aliphatic carbocycles. The lowest BCUT2D eigenvalue weighted by Gasteiger charge is -2.19. The summed E-state index contributed by atoms with van der Waals surface area (Å²) in [7, 11) is 1.77. The van der Waals surface area contributed by atoms with Gasteiger partial charge < -0.3 is 10.6 Å². The average molecular weight is 361 g/mol. The van der Waals surface area contributed by atoms with Crippen LogP contribution >= 0.6 is 11.3 Å². The van der Waals surface area contributed by atoms with Crippen LogP contribution in [0, 0.1) is 5.82 Å². The van der Waals surface area contributed by atoms with Gasteiger partial charge in [-0.2, -0.15) is 0 Å². The smallest absolute Gasteiger partial charge is 0.191 e. The van der Waals surface area contributed by atoms with E-state index in [1.165, 1.54) is 17.7 Å². The molecule has 2 aromatic rings. The highest BCUT2D eigenvalue weighted by molar-refractivity contribution is 7.09. The Morgan fingerprint density at radius 1 is 1.28 bits per heavy atom. The molecule has 0 saturated heterocycles. The highest BCUT2D eigenvalue weighted by Gasteiger charge is 2.44. The quantitative estimate of drug-likeness (QED) is 0.608. The molecule has 0 amide bonds. The van der Waals surface area contributed by atoms with Crippen LogP contribution in [0.15, 0.2) is 34.6 Å². The number of thiazole rings is 1. The number of hydrogen-bond donors (Lipinski definition) is 2. The lowest BCUT2D eigenvalue weighted by molar-refractivity contribution is 0.617. The highest BCUT2D eigenvalue weighted by atomic mass is 32.1. The fraction of sp³-hybridized carbons (Fsp3) is 0.474. The summed E-state index contributed by atoms with van der Waals surface area (Å²) in [5, 5.41) is 9.91. The fourth-order valence-corrected chi connectivity index (χ4v) is 3.72. The molecule has 2 N–H and O–H groups in total. The molecule has 3 rings (SSSR count). The van der Waals surface area contributed by atoms with Crippen molar-refractivity contribution in [2.75, 3.05) is 13.6 Å². The molecule has 0 atom stereocenters. The summed E-state index contributed by atoms with van der Waals surface area (Å²) in [5.41, 5.74) is 2.44. The second kappa shape index (κ2) is 7.52. The van der Waals surface area contributed by atoms with Gasteiger partial charge in [-0.25, -0.2) is 9.37 Å². The maximum Gasteiger partial charge on any atom is 0.191 e. The highest BCUT2D eigenvalue weighted by Crippen LogP contribution is 2.47. The van der Waals surface area contributed by atoms with Gasteiger partial charge in [-0.1, -0.05) is 26.0 Å². The lowest BCUT2D eigenvalue weighted by Crippen LogP contribution is -2.40. The maximum absolute atomic E-state index is 13.1. The van der Waals surface area contributed by atoms with E-state index in [1.54, 1.807) is 18.4 Å². The molecule has 1 fully saturated rings. The maximum atomic E-state index is 13.1. The predicted octanol–water partition coefficient (Wildman–Crippen LogP) is 3.80. The van der Waals surface area contributed by atoms with Crippen molar-refractivity contribution in [3.63, 3.8) is 0 Å². The summed E-state index contributed by atoms with van der Waals surface area (Å²) in [6.07, 6.45) is 2.24. The van der Waals surface area contributed by atoms with Crippen LogP contribution in [0.25, 0.3) is 0 Å². The minimum absolute atomic E-state index is 0.108. The molecule has 6 heteroatoms. The number of nitrogens with zero attached hydrogens (tertiary/aromatic N) is 2. The topological polar surface area (TPSA) is 49.3 Å². The molecule has 1 aromatic heterocycles. The van der Waals surface area contributed by atoms with E-state index in [9.17, 15) is 4.39 Å². The van der Waals surface area contributed by atoms with Crippen LogP contribution in [0.1, 0.15) is 48.9 Å². The molecular formula is C19H25FN4S. The number of hydrogen-bond acceptors (Lipinski definition) is 3. The number of aliphatic imine (C=N–C) groups is 1. The molecule has 0 bridgehead atoms. The Hall–Kier alpha value is -1.95. The Bertz CT molecular complexity index is 732.